The molecule has 25 heavy (non-hydrogen) atoms. The van der Waals surface area contributed by atoms with E-state index >= 15 is 0 Å². The summed E-state index contributed by atoms with van der Waals surface area (Å²) in [5.41, 5.74) is 2.08. The third-order valence-corrected chi connectivity index (χ3v) is 3.99. The van der Waals surface area contributed by atoms with Gasteiger partial charge in [-0.25, -0.2) is 0 Å². The highest BCUT2D eigenvalue weighted by Gasteiger charge is 2.28. The fourth-order valence-electron chi connectivity index (χ4n) is 2.69. The average molecular weight is 344 g/mol. The van der Waals surface area contributed by atoms with E-state index in [2.05, 4.69) is 10.6 Å². The van der Waals surface area contributed by atoms with Crippen LogP contribution in [0.3, 0.4) is 0 Å². The Bertz CT molecular complexity index is 783. The topological polar surface area (TPSA) is 91.6 Å². The first-order chi connectivity index (χ1) is 11.6. The largest absolute Gasteiger partial charge is 0.463 e. The lowest BCUT2D eigenvalue weighted by Gasteiger charge is -2.21. The van der Waals surface area contributed by atoms with Gasteiger partial charge in [-0.2, -0.15) is 0 Å². The summed E-state index contributed by atoms with van der Waals surface area (Å²) in [5, 5.41) is 15.5. The highest BCUT2D eigenvalue weighted by atomic mass is 16.4. The number of anilines is 1. The lowest BCUT2D eigenvalue weighted by atomic mass is 10.0. The Kier molecular flexibility index (Phi) is 5.33. The first kappa shape index (κ1) is 18.7. The normalized spacial score (nSPS) is 13.2. The zero-order valence-corrected chi connectivity index (χ0v) is 15.2. The van der Waals surface area contributed by atoms with E-state index in [-0.39, 0.29) is 6.54 Å². The molecule has 1 atom stereocenters. The number of amides is 2. The molecule has 6 heteroatoms. The minimum Gasteiger partial charge on any atom is -0.463 e. The SMILES string of the molecule is Cc1cc(C)c(NC(=O)C(=O)NCC(C)(O)c2ccc(C)o2)c(C)c1. The van der Waals surface area contributed by atoms with Gasteiger partial charge in [0.1, 0.15) is 17.1 Å². The van der Waals surface area contributed by atoms with Crippen LogP contribution in [0.2, 0.25) is 0 Å². The van der Waals surface area contributed by atoms with Gasteiger partial charge in [0.15, 0.2) is 0 Å². The molecule has 0 radical (unpaired) electrons. The number of benzene rings is 1. The summed E-state index contributed by atoms with van der Waals surface area (Å²) in [6.45, 7) is 8.85. The van der Waals surface area contributed by atoms with Crippen molar-refractivity contribution in [2.75, 3.05) is 11.9 Å². The van der Waals surface area contributed by atoms with Gasteiger partial charge in [-0.1, -0.05) is 17.7 Å². The van der Waals surface area contributed by atoms with Crippen molar-refractivity contribution in [3.8, 4) is 0 Å². The molecule has 0 saturated carbocycles. The molecule has 2 aromatic rings. The lowest BCUT2D eigenvalue weighted by Crippen LogP contribution is -2.43. The summed E-state index contributed by atoms with van der Waals surface area (Å²) >= 11 is 0. The molecular formula is C19H24N2O4. The Morgan fingerprint density at radius 1 is 1.08 bits per heavy atom. The van der Waals surface area contributed by atoms with E-state index in [0.29, 0.717) is 17.2 Å². The Balaban J connectivity index is 2.00. The molecule has 2 rings (SSSR count). The summed E-state index contributed by atoms with van der Waals surface area (Å²) in [4.78, 5) is 24.2. The maximum atomic E-state index is 12.1. The van der Waals surface area contributed by atoms with Crippen LogP contribution in [0.4, 0.5) is 5.69 Å². The summed E-state index contributed by atoms with van der Waals surface area (Å²) in [6, 6.07) is 7.23. The summed E-state index contributed by atoms with van der Waals surface area (Å²) in [5.74, 6) is -0.606. The van der Waals surface area contributed by atoms with Gasteiger partial charge >= 0.3 is 11.8 Å². The summed E-state index contributed by atoms with van der Waals surface area (Å²) in [7, 11) is 0. The molecule has 0 fully saturated rings. The molecule has 1 unspecified atom stereocenters. The van der Waals surface area contributed by atoms with Crippen molar-refractivity contribution in [3.63, 3.8) is 0 Å². The van der Waals surface area contributed by atoms with E-state index in [0.717, 1.165) is 16.7 Å². The minimum absolute atomic E-state index is 0.141. The summed E-state index contributed by atoms with van der Waals surface area (Å²) < 4.78 is 5.38. The fourth-order valence-corrected chi connectivity index (χ4v) is 2.69. The van der Waals surface area contributed by atoms with E-state index < -0.39 is 17.4 Å². The number of carbonyl (C=O) groups excluding carboxylic acids is 2. The Morgan fingerprint density at radius 3 is 2.20 bits per heavy atom. The van der Waals surface area contributed by atoms with Gasteiger partial charge < -0.3 is 20.2 Å². The third-order valence-electron chi connectivity index (χ3n) is 3.99. The predicted octanol–water partition coefficient (Wildman–Crippen LogP) is 2.48. The van der Waals surface area contributed by atoms with Crippen LogP contribution in [0, 0.1) is 27.7 Å². The van der Waals surface area contributed by atoms with Crippen LogP contribution in [0.25, 0.3) is 0 Å². The third kappa shape index (κ3) is 4.48. The molecule has 1 aromatic carbocycles. The maximum absolute atomic E-state index is 12.1. The van der Waals surface area contributed by atoms with E-state index in [1.165, 1.54) is 6.92 Å². The molecule has 0 aliphatic heterocycles. The quantitative estimate of drug-likeness (QED) is 0.743. The zero-order valence-electron chi connectivity index (χ0n) is 15.2. The number of carbonyl (C=O) groups is 2. The first-order valence-electron chi connectivity index (χ1n) is 8.06. The molecule has 2 amide bonds. The zero-order chi connectivity index (χ0) is 18.8. The molecule has 134 valence electrons. The first-order valence-corrected chi connectivity index (χ1v) is 8.06. The number of hydrogen-bond donors (Lipinski definition) is 3. The van der Waals surface area contributed by atoms with Crippen LogP contribution in [0.15, 0.2) is 28.7 Å². The number of hydrogen-bond acceptors (Lipinski definition) is 4. The van der Waals surface area contributed by atoms with E-state index in [1.807, 2.05) is 32.9 Å². The van der Waals surface area contributed by atoms with E-state index in [1.54, 1.807) is 19.1 Å². The van der Waals surface area contributed by atoms with Crippen molar-refractivity contribution < 1.29 is 19.1 Å². The maximum Gasteiger partial charge on any atom is 0.313 e. The van der Waals surface area contributed by atoms with Crippen molar-refractivity contribution in [2.45, 2.75) is 40.2 Å². The van der Waals surface area contributed by atoms with E-state index in [4.69, 9.17) is 4.42 Å². The second kappa shape index (κ2) is 7.11. The van der Waals surface area contributed by atoms with Gasteiger partial charge in [0.25, 0.3) is 0 Å². The highest BCUT2D eigenvalue weighted by Crippen LogP contribution is 2.23. The number of aliphatic hydroxyl groups is 1. The molecule has 0 spiro atoms. The molecule has 0 saturated heterocycles. The van der Waals surface area contributed by atoms with Crippen molar-refractivity contribution in [3.05, 3.63) is 52.5 Å². The van der Waals surface area contributed by atoms with Crippen LogP contribution in [-0.4, -0.2) is 23.5 Å². The van der Waals surface area contributed by atoms with Gasteiger partial charge in [0, 0.05) is 5.69 Å². The van der Waals surface area contributed by atoms with Gasteiger partial charge in [0.2, 0.25) is 0 Å². The van der Waals surface area contributed by atoms with Crippen molar-refractivity contribution in [2.24, 2.45) is 0 Å². The molecule has 3 N–H and O–H groups in total. The Hall–Kier alpha value is -2.60. The smallest absolute Gasteiger partial charge is 0.313 e. The lowest BCUT2D eigenvalue weighted by molar-refractivity contribution is -0.136. The van der Waals surface area contributed by atoms with Gasteiger partial charge in [-0.15, -0.1) is 0 Å². The Morgan fingerprint density at radius 2 is 1.68 bits per heavy atom. The summed E-state index contributed by atoms with van der Waals surface area (Å²) in [6.07, 6.45) is 0. The van der Waals surface area contributed by atoms with Crippen molar-refractivity contribution >= 4 is 17.5 Å². The standard InChI is InChI=1S/C19H24N2O4/c1-11-8-12(2)16(13(3)9-11)21-18(23)17(22)20-10-19(5,24)15-7-6-14(4)25-15/h6-9,24H,10H2,1-5H3,(H,20,22)(H,21,23). The van der Waals surface area contributed by atoms with Gasteiger partial charge in [-0.3, -0.25) is 9.59 Å². The molecule has 0 aliphatic carbocycles. The van der Waals surface area contributed by atoms with Gasteiger partial charge in [0.05, 0.1) is 6.54 Å². The average Bonchev–Trinajstić information content (AvgIpc) is 2.95. The van der Waals surface area contributed by atoms with Crippen LogP contribution >= 0.6 is 0 Å². The van der Waals surface area contributed by atoms with Crippen LogP contribution in [0.1, 0.15) is 35.1 Å². The number of rotatable bonds is 4. The Labute approximate surface area is 147 Å². The predicted molar refractivity (Wildman–Crippen MR) is 95.3 cm³/mol. The second-order valence-corrected chi connectivity index (χ2v) is 6.59. The van der Waals surface area contributed by atoms with Gasteiger partial charge in [-0.05, 0) is 57.9 Å². The number of furan rings is 1. The highest BCUT2D eigenvalue weighted by molar-refractivity contribution is 6.39. The molecule has 0 aliphatic rings. The van der Waals surface area contributed by atoms with Crippen LogP contribution in [-0.2, 0) is 15.2 Å². The molecule has 1 aromatic heterocycles. The molecule has 0 bridgehead atoms. The monoisotopic (exact) mass is 344 g/mol. The molecule has 1 heterocycles. The molecule has 6 nitrogen and oxygen atoms in total. The fraction of sp³-hybridized carbons (Fsp3) is 0.368. The number of aryl methyl sites for hydroxylation is 4. The minimum atomic E-state index is -1.40. The number of nitrogens with one attached hydrogen (secondary N) is 2. The van der Waals surface area contributed by atoms with Crippen molar-refractivity contribution in [1.29, 1.82) is 0 Å². The van der Waals surface area contributed by atoms with Crippen molar-refractivity contribution in [1.82, 2.24) is 5.32 Å². The second-order valence-electron chi connectivity index (χ2n) is 6.59. The van der Waals surface area contributed by atoms with E-state index in [9.17, 15) is 14.7 Å². The molecular weight excluding hydrogens is 320 g/mol. The van der Waals surface area contributed by atoms with Crippen LogP contribution < -0.4 is 10.6 Å². The van der Waals surface area contributed by atoms with Crippen LogP contribution in [0.5, 0.6) is 0 Å².